The monoisotopic (exact) mass is 441 g/mol. The van der Waals surface area contributed by atoms with Crippen LogP contribution < -0.4 is 10.2 Å². The van der Waals surface area contributed by atoms with Crippen molar-refractivity contribution in [3.8, 4) is 0 Å². The number of anilines is 2. The Morgan fingerprint density at radius 2 is 1.61 bits per heavy atom. The Balaban J connectivity index is 1.60. The van der Waals surface area contributed by atoms with E-state index in [0.717, 1.165) is 18.8 Å². The standard InChI is InChI=1S/C25H32ClN3O2/c1-17(2)15-24(30)29-13-11-28(12-14-29)23-10-9-21(16-22(23)26)27-25(31)20-7-5-19(6-8-20)18(3)4/h5-10,16-18H,11-15H2,1-4H3,(H,27,31). The number of nitrogens with one attached hydrogen (secondary N) is 1. The van der Waals surface area contributed by atoms with Crippen LogP contribution in [0.5, 0.6) is 0 Å². The zero-order valence-corrected chi connectivity index (χ0v) is 19.6. The lowest BCUT2D eigenvalue weighted by Gasteiger charge is -2.36. The normalized spacial score (nSPS) is 14.3. The number of nitrogens with zero attached hydrogens (tertiary/aromatic N) is 2. The van der Waals surface area contributed by atoms with Gasteiger partial charge in [-0.1, -0.05) is 51.4 Å². The highest BCUT2D eigenvalue weighted by molar-refractivity contribution is 6.33. The van der Waals surface area contributed by atoms with Gasteiger partial charge in [-0.15, -0.1) is 0 Å². The van der Waals surface area contributed by atoms with Crippen molar-refractivity contribution in [3.63, 3.8) is 0 Å². The van der Waals surface area contributed by atoms with Crippen LogP contribution in [0, 0.1) is 5.92 Å². The summed E-state index contributed by atoms with van der Waals surface area (Å²) in [5, 5.41) is 3.52. The fourth-order valence-corrected chi connectivity index (χ4v) is 4.04. The average molecular weight is 442 g/mol. The van der Waals surface area contributed by atoms with Gasteiger partial charge in [-0.3, -0.25) is 9.59 Å². The summed E-state index contributed by atoms with van der Waals surface area (Å²) in [5.74, 6) is 0.867. The highest BCUT2D eigenvalue weighted by Crippen LogP contribution is 2.30. The molecule has 1 saturated heterocycles. The highest BCUT2D eigenvalue weighted by atomic mass is 35.5. The highest BCUT2D eigenvalue weighted by Gasteiger charge is 2.23. The van der Waals surface area contributed by atoms with Crippen molar-refractivity contribution in [2.45, 2.75) is 40.0 Å². The van der Waals surface area contributed by atoms with Crippen molar-refractivity contribution < 1.29 is 9.59 Å². The molecule has 166 valence electrons. The van der Waals surface area contributed by atoms with Gasteiger partial charge in [0, 0.05) is 43.9 Å². The summed E-state index contributed by atoms with van der Waals surface area (Å²) in [6, 6.07) is 13.3. The predicted molar refractivity (Wildman–Crippen MR) is 128 cm³/mol. The minimum absolute atomic E-state index is 0.156. The first-order chi connectivity index (χ1) is 14.7. The SMILES string of the molecule is CC(C)CC(=O)N1CCN(c2ccc(NC(=O)c3ccc(C(C)C)cc3)cc2Cl)CC1. The molecule has 0 atom stereocenters. The molecule has 0 unspecified atom stereocenters. The summed E-state index contributed by atoms with van der Waals surface area (Å²) in [6.07, 6.45) is 0.593. The lowest BCUT2D eigenvalue weighted by Crippen LogP contribution is -2.49. The van der Waals surface area contributed by atoms with Crippen LogP contribution in [0.3, 0.4) is 0 Å². The fourth-order valence-electron chi connectivity index (χ4n) is 3.74. The molecule has 31 heavy (non-hydrogen) atoms. The number of piperazine rings is 1. The van der Waals surface area contributed by atoms with Crippen LogP contribution in [0.4, 0.5) is 11.4 Å². The maximum absolute atomic E-state index is 12.6. The van der Waals surface area contributed by atoms with Gasteiger partial charge >= 0.3 is 0 Å². The molecule has 1 N–H and O–H groups in total. The van der Waals surface area contributed by atoms with Crippen molar-refractivity contribution in [1.82, 2.24) is 4.90 Å². The molecule has 5 nitrogen and oxygen atoms in total. The number of amides is 2. The molecule has 1 heterocycles. The van der Waals surface area contributed by atoms with E-state index in [-0.39, 0.29) is 11.8 Å². The number of hydrogen-bond donors (Lipinski definition) is 1. The minimum Gasteiger partial charge on any atom is -0.367 e. The Bertz CT molecular complexity index is 917. The topological polar surface area (TPSA) is 52.7 Å². The van der Waals surface area contributed by atoms with Gasteiger partial charge in [0.1, 0.15) is 0 Å². The van der Waals surface area contributed by atoms with Crippen LogP contribution in [0.2, 0.25) is 5.02 Å². The van der Waals surface area contributed by atoms with E-state index < -0.39 is 0 Å². The summed E-state index contributed by atoms with van der Waals surface area (Å²) < 4.78 is 0. The molecule has 0 aliphatic carbocycles. The van der Waals surface area contributed by atoms with E-state index in [1.54, 1.807) is 6.07 Å². The van der Waals surface area contributed by atoms with Crippen LogP contribution in [0.15, 0.2) is 42.5 Å². The average Bonchev–Trinajstić information content (AvgIpc) is 2.73. The van der Waals surface area contributed by atoms with Crippen LogP contribution in [-0.2, 0) is 4.79 Å². The van der Waals surface area contributed by atoms with Crippen LogP contribution in [-0.4, -0.2) is 42.9 Å². The van der Waals surface area contributed by atoms with Gasteiger partial charge in [-0.2, -0.15) is 0 Å². The van der Waals surface area contributed by atoms with E-state index in [2.05, 4.69) is 37.9 Å². The largest absolute Gasteiger partial charge is 0.367 e. The second kappa shape index (κ2) is 10.2. The summed E-state index contributed by atoms with van der Waals surface area (Å²) in [5.41, 5.74) is 3.41. The zero-order valence-electron chi connectivity index (χ0n) is 18.8. The maximum Gasteiger partial charge on any atom is 0.255 e. The van der Waals surface area contributed by atoms with Gasteiger partial charge in [0.25, 0.3) is 5.91 Å². The van der Waals surface area contributed by atoms with E-state index >= 15 is 0 Å². The molecular formula is C25H32ClN3O2. The molecule has 1 aliphatic heterocycles. The molecule has 6 heteroatoms. The zero-order chi connectivity index (χ0) is 22.5. The predicted octanol–water partition coefficient (Wildman–Crippen LogP) is 5.41. The molecular weight excluding hydrogens is 410 g/mol. The molecule has 1 fully saturated rings. The van der Waals surface area contributed by atoms with Crippen molar-refractivity contribution in [3.05, 3.63) is 58.6 Å². The van der Waals surface area contributed by atoms with E-state index in [4.69, 9.17) is 11.6 Å². The van der Waals surface area contributed by atoms with E-state index in [1.165, 1.54) is 5.56 Å². The van der Waals surface area contributed by atoms with Crippen molar-refractivity contribution in [2.75, 3.05) is 36.4 Å². The lowest BCUT2D eigenvalue weighted by atomic mass is 10.0. The van der Waals surface area contributed by atoms with Crippen LogP contribution >= 0.6 is 11.6 Å². The Morgan fingerprint density at radius 3 is 2.16 bits per heavy atom. The molecule has 0 aromatic heterocycles. The minimum atomic E-state index is -0.156. The number of carbonyl (C=O) groups excluding carboxylic acids is 2. The van der Waals surface area contributed by atoms with E-state index in [0.29, 0.717) is 47.6 Å². The number of carbonyl (C=O) groups is 2. The Kier molecular flexibility index (Phi) is 7.60. The molecule has 0 spiro atoms. The molecule has 0 radical (unpaired) electrons. The molecule has 3 rings (SSSR count). The van der Waals surface area contributed by atoms with Gasteiger partial charge in [-0.05, 0) is 47.7 Å². The third-order valence-electron chi connectivity index (χ3n) is 5.60. The summed E-state index contributed by atoms with van der Waals surface area (Å²) in [6.45, 7) is 11.3. The first-order valence-corrected chi connectivity index (χ1v) is 11.4. The summed E-state index contributed by atoms with van der Waals surface area (Å²) >= 11 is 6.54. The summed E-state index contributed by atoms with van der Waals surface area (Å²) in [4.78, 5) is 29.0. The van der Waals surface area contributed by atoms with Gasteiger partial charge in [0.2, 0.25) is 5.91 Å². The maximum atomic E-state index is 12.6. The van der Waals surface area contributed by atoms with Gasteiger partial charge < -0.3 is 15.1 Å². The molecule has 2 amide bonds. The Labute approximate surface area is 190 Å². The first-order valence-electron chi connectivity index (χ1n) is 11.0. The van der Waals surface area contributed by atoms with Crippen LogP contribution in [0.1, 0.15) is 56.0 Å². The fraction of sp³-hybridized carbons (Fsp3) is 0.440. The Morgan fingerprint density at radius 1 is 0.968 bits per heavy atom. The van der Waals surface area contributed by atoms with Crippen molar-refractivity contribution in [1.29, 1.82) is 0 Å². The van der Waals surface area contributed by atoms with E-state index in [9.17, 15) is 9.59 Å². The number of halogens is 1. The van der Waals surface area contributed by atoms with Crippen molar-refractivity contribution >= 4 is 34.8 Å². The third kappa shape index (κ3) is 6.01. The Hall–Kier alpha value is -2.53. The van der Waals surface area contributed by atoms with Gasteiger partial charge in [-0.25, -0.2) is 0 Å². The molecule has 0 bridgehead atoms. The van der Waals surface area contributed by atoms with Gasteiger partial charge in [0.05, 0.1) is 10.7 Å². The number of rotatable bonds is 6. The van der Waals surface area contributed by atoms with Gasteiger partial charge in [0.15, 0.2) is 0 Å². The van der Waals surface area contributed by atoms with E-state index in [1.807, 2.05) is 41.3 Å². The number of hydrogen-bond acceptors (Lipinski definition) is 3. The first kappa shape index (κ1) is 23.1. The molecule has 1 aliphatic rings. The molecule has 2 aromatic rings. The second-order valence-corrected chi connectivity index (χ2v) is 9.27. The number of benzene rings is 2. The quantitative estimate of drug-likeness (QED) is 0.652. The van der Waals surface area contributed by atoms with Crippen LogP contribution in [0.25, 0.3) is 0 Å². The molecule has 2 aromatic carbocycles. The van der Waals surface area contributed by atoms with Crippen molar-refractivity contribution in [2.24, 2.45) is 5.92 Å². The molecule has 0 saturated carbocycles. The lowest BCUT2D eigenvalue weighted by molar-refractivity contribution is -0.132. The second-order valence-electron chi connectivity index (χ2n) is 8.86. The third-order valence-corrected chi connectivity index (χ3v) is 5.90. The smallest absolute Gasteiger partial charge is 0.255 e. The summed E-state index contributed by atoms with van der Waals surface area (Å²) in [7, 11) is 0.